The second-order valence-corrected chi connectivity index (χ2v) is 6.38. The van der Waals surface area contributed by atoms with Gasteiger partial charge in [0.1, 0.15) is 12.4 Å². The van der Waals surface area contributed by atoms with Crippen molar-refractivity contribution in [1.82, 2.24) is 19.5 Å². The highest BCUT2D eigenvalue weighted by molar-refractivity contribution is 5.78. The Balaban J connectivity index is 1.51. The minimum Gasteiger partial charge on any atom is -0.377 e. The van der Waals surface area contributed by atoms with E-state index in [1.54, 1.807) is 13.3 Å². The van der Waals surface area contributed by atoms with Crippen LogP contribution >= 0.6 is 0 Å². The Hall–Kier alpha value is -2.67. The molecule has 3 aromatic rings. The molecule has 0 bridgehead atoms. The van der Waals surface area contributed by atoms with Crippen LogP contribution in [0.15, 0.2) is 36.5 Å². The number of hydrogen-bond donors (Lipinski definition) is 0. The van der Waals surface area contributed by atoms with Crippen molar-refractivity contribution in [2.24, 2.45) is 0 Å². The molecule has 0 saturated carbocycles. The van der Waals surface area contributed by atoms with Crippen molar-refractivity contribution < 1.29 is 4.74 Å². The van der Waals surface area contributed by atoms with E-state index >= 15 is 0 Å². The van der Waals surface area contributed by atoms with Gasteiger partial charge in [0, 0.05) is 46.0 Å². The number of hydrogen-bond acceptors (Lipinski definition) is 6. The van der Waals surface area contributed by atoms with E-state index in [1.165, 1.54) is 5.52 Å². The molecule has 0 aliphatic carbocycles. The van der Waals surface area contributed by atoms with E-state index in [-0.39, 0.29) is 0 Å². The van der Waals surface area contributed by atoms with Gasteiger partial charge in [-0.1, -0.05) is 12.1 Å². The highest BCUT2D eigenvalue weighted by atomic mass is 16.5. The lowest BCUT2D eigenvalue weighted by Crippen LogP contribution is -2.47. The summed E-state index contributed by atoms with van der Waals surface area (Å²) in [6.45, 7) is 7.20. The molecule has 0 radical (unpaired) electrons. The third-order valence-electron chi connectivity index (χ3n) is 4.80. The van der Waals surface area contributed by atoms with Crippen molar-refractivity contribution in [3.63, 3.8) is 0 Å². The molecule has 4 rings (SSSR count). The maximum Gasteiger partial charge on any atom is 0.206 e. The van der Waals surface area contributed by atoms with Crippen LogP contribution in [0.25, 0.3) is 11.0 Å². The van der Waals surface area contributed by atoms with Crippen molar-refractivity contribution >= 4 is 22.8 Å². The quantitative estimate of drug-likeness (QED) is 0.702. The zero-order valence-corrected chi connectivity index (χ0v) is 15.3. The van der Waals surface area contributed by atoms with Gasteiger partial charge in [0.05, 0.1) is 11.0 Å². The van der Waals surface area contributed by atoms with Crippen LogP contribution in [0.5, 0.6) is 0 Å². The number of benzene rings is 1. The fourth-order valence-electron chi connectivity index (χ4n) is 3.51. The van der Waals surface area contributed by atoms with Crippen molar-refractivity contribution in [2.45, 2.75) is 20.1 Å². The van der Waals surface area contributed by atoms with E-state index in [9.17, 15) is 0 Å². The molecule has 0 atom stereocenters. The summed E-state index contributed by atoms with van der Waals surface area (Å²) < 4.78 is 7.43. The molecule has 1 aliphatic rings. The minimum absolute atomic E-state index is 0.439. The Bertz CT molecular complexity index is 885. The number of ether oxygens (including phenoxy) is 1. The average Bonchev–Trinajstić information content (AvgIpc) is 3.07. The van der Waals surface area contributed by atoms with E-state index in [0.29, 0.717) is 6.61 Å². The number of para-hydroxylation sites is 2. The molecular weight excluding hydrogens is 328 g/mol. The van der Waals surface area contributed by atoms with Crippen LogP contribution in [-0.4, -0.2) is 52.8 Å². The Morgan fingerprint density at radius 1 is 1.00 bits per heavy atom. The highest BCUT2D eigenvalue weighted by Gasteiger charge is 2.22. The molecule has 1 fully saturated rings. The Morgan fingerprint density at radius 2 is 1.77 bits per heavy atom. The number of nitrogens with zero attached hydrogens (tertiary/aromatic N) is 6. The molecule has 0 spiro atoms. The normalized spacial score (nSPS) is 15.0. The predicted molar refractivity (Wildman–Crippen MR) is 103 cm³/mol. The van der Waals surface area contributed by atoms with E-state index in [4.69, 9.17) is 9.72 Å². The van der Waals surface area contributed by atoms with Gasteiger partial charge in [-0.05, 0) is 25.1 Å². The number of piperazine rings is 1. The standard InChI is InChI=1S/C19H24N6O/c1-3-25-16-7-5-4-6-15(16)21-19(25)24-12-10-23(11-13-24)18-8-9-20-17(22-18)14-26-2/h4-9H,3,10-14H2,1-2H3. The molecule has 1 aliphatic heterocycles. The van der Waals surface area contributed by atoms with Crippen molar-refractivity contribution in [2.75, 3.05) is 43.1 Å². The molecule has 1 aromatic carbocycles. The van der Waals surface area contributed by atoms with Crippen LogP contribution in [0.3, 0.4) is 0 Å². The lowest BCUT2D eigenvalue weighted by Gasteiger charge is -2.36. The van der Waals surface area contributed by atoms with Crippen LogP contribution in [0.1, 0.15) is 12.7 Å². The molecule has 7 heteroatoms. The first-order chi connectivity index (χ1) is 12.8. The van der Waals surface area contributed by atoms with E-state index in [2.05, 4.69) is 49.5 Å². The van der Waals surface area contributed by atoms with Crippen molar-refractivity contribution in [1.29, 1.82) is 0 Å². The molecule has 136 valence electrons. The number of anilines is 2. The number of imidazole rings is 1. The van der Waals surface area contributed by atoms with E-state index < -0.39 is 0 Å². The topological polar surface area (TPSA) is 59.3 Å². The zero-order chi connectivity index (χ0) is 17.9. The van der Waals surface area contributed by atoms with E-state index in [1.807, 2.05) is 12.1 Å². The van der Waals surface area contributed by atoms with Gasteiger partial charge < -0.3 is 19.1 Å². The molecule has 0 amide bonds. The lowest BCUT2D eigenvalue weighted by molar-refractivity contribution is 0.178. The Kier molecular flexibility index (Phi) is 4.71. The summed E-state index contributed by atoms with van der Waals surface area (Å²) in [7, 11) is 1.66. The average molecular weight is 352 g/mol. The summed E-state index contributed by atoms with van der Waals surface area (Å²) >= 11 is 0. The molecule has 0 unspecified atom stereocenters. The number of methoxy groups -OCH3 is 1. The Labute approximate surface area is 153 Å². The molecule has 26 heavy (non-hydrogen) atoms. The van der Waals surface area contributed by atoms with Gasteiger partial charge in [-0.25, -0.2) is 15.0 Å². The number of aryl methyl sites for hydroxylation is 1. The molecule has 7 nitrogen and oxygen atoms in total. The predicted octanol–water partition coefficient (Wildman–Crippen LogP) is 2.32. The molecule has 0 N–H and O–H groups in total. The zero-order valence-electron chi connectivity index (χ0n) is 15.3. The van der Waals surface area contributed by atoms with Crippen molar-refractivity contribution in [3.8, 4) is 0 Å². The SMILES string of the molecule is CCn1c(N2CCN(c3ccnc(COC)n3)CC2)nc2ccccc21. The van der Waals surface area contributed by atoms with Crippen LogP contribution in [0.2, 0.25) is 0 Å². The van der Waals surface area contributed by atoms with Crippen LogP contribution in [0, 0.1) is 0 Å². The van der Waals surface area contributed by atoms with Gasteiger partial charge in [-0.2, -0.15) is 0 Å². The first-order valence-corrected chi connectivity index (χ1v) is 9.06. The van der Waals surface area contributed by atoms with Gasteiger partial charge in [0.15, 0.2) is 5.82 Å². The molecule has 3 heterocycles. The first-order valence-electron chi connectivity index (χ1n) is 9.06. The monoisotopic (exact) mass is 352 g/mol. The first kappa shape index (κ1) is 16.8. The maximum absolute atomic E-state index is 5.14. The minimum atomic E-state index is 0.439. The summed E-state index contributed by atoms with van der Waals surface area (Å²) in [5.41, 5.74) is 2.26. The van der Waals surface area contributed by atoms with E-state index in [0.717, 1.165) is 55.8 Å². The summed E-state index contributed by atoms with van der Waals surface area (Å²) in [5, 5.41) is 0. The third kappa shape index (κ3) is 3.10. The number of rotatable bonds is 5. The molecule has 2 aromatic heterocycles. The van der Waals surface area contributed by atoms with Gasteiger partial charge in [-0.3, -0.25) is 0 Å². The van der Waals surface area contributed by atoms with Gasteiger partial charge in [0.25, 0.3) is 0 Å². The number of aromatic nitrogens is 4. The summed E-state index contributed by atoms with van der Waals surface area (Å²) in [6, 6.07) is 10.3. The summed E-state index contributed by atoms with van der Waals surface area (Å²) in [5.74, 6) is 2.76. The fourth-order valence-corrected chi connectivity index (χ4v) is 3.51. The number of fused-ring (bicyclic) bond motifs is 1. The third-order valence-corrected chi connectivity index (χ3v) is 4.80. The van der Waals surface area contributed by atoms with Crippen molar-refractivity contribution in [3.05, 3.63) is 42.4 Å². The van der Waals surface area contributed by atoms with Crippen LogP contribution in [0.4, 0.5) is 11.8 Å². The van der Waals surface area contributed by atoms with Gasteiger partial charge >= 0.3 is 0 Å². The summed E-state index contributed by atoms with van der Waals surface area (Å²) in [6.07, 6.45) is 1.81. The largest absolute Gasteiger partial charge is 0.377 e. The molecular formula is C19H24N6O. The molecule has 1 saturated heterocycles. The van der Waals surface area contributed by atoms with Crippen LogP contribution in [-0.2, 0) is 17.9 Å². The smallest absolute Gasteiger partial charge is 0.206 e. The second kappa shape index (κ2) is 7.29. The lowest BCUT2D eigenvalue weighted by atomic mass is 10.3. The fraction of sp³-hybridized carbons (Fsp3) is 0.421. The summed E-state index contributed by atoms with van der Waals surface area (Å²) in [4.78, 5) is 18.4. The van der Waals surface area contributed by atoms with Gasteiger partial charge in [0.2, 0.25) is 5.95 Å². The van der Waals surface area contributed by atoms with Gasteiger partial charge in [-0.15, -0.1) is 0 Å². The second-order valence-electron chi connectivity index (χ2n) is 6.38. The highest BCUT2D eigenvalue weighted by Crippen LogP contribution is 2.24. The van der Waals surface area contributed by atoms with Crippen LogP contribution < -0.4 is 9.80 Å². The Morgan fingerprint density at radius 3 is 2.54 bits per heavy atom. The maximum atomic E-state index is 5.14.